The minimum Gasteiger partial charge on any atom is -0.481 e. The van der Waals surface area contributed by atoms with Crippen molar-refractivity contribution in [2.45, 2.75) is 45.3 Å². The summed E-state index contributed by atoms with van der Waals surface area (Å²) in [6.07, 6.45) is 2.49. The SMILES string of the molecule is CCNC(C)c1cccc(OC2CCCCNC2=O)c1. The summed E-state index contributed by atoms with van der Waals surface area (Å²) in [5, 5.41) is 6.27. The summed E-state index contributed by atoms with van der Waals surface area (Å²) >= 11 is 0. The molecule has 1 aliphatic rings. The molecular weight excluding hydrogens is 252 g/mol. The van der Waals surface area contributed by atoms with E-state index in [0.29, 0.717) is 0 Å². The first-order chi connectivity index (χ1) is 9.70. The summed E-state index contributed by atoms with van der Waals surface area (Å²) in [4.78, 5) is 11.9. The number of hydrogen-bond donors (Lipinski definition) is 2. The van der Waals surface area contributed by atoms with Crippen LogP contribution in [0.5, 0.6) is 5.75 Å². The fourth-order valence-corrected chi connectivity index (χ4v) is 2.47. The molecule has 2 rings (SSSR count). The van der Waals surface area contributed by atoms with Crippen molar-refractivity contribution >= 4 is 5.91 Å². The number of carbonyl (C=O) groups is 1. The first kappa shape index (κ1) is 14.9. The Balaban J connectivity index is 2.05. The molecule has 20 heavy (non-hydrogen) atoms. The zero-order valence-corrected chi connectivity index (χ0v) is 12.3. The minimum atomic E-state index is -0.359. The lowest BCUT2D eigenvalue weighted by molar-refractivity contribution is -0.127. The molecule has 2 N–H and O–H groups in total. The number of ether oxygens (including phenoxy) is 1. The molecule has 1 saturated heterocycles. The average molecular weight is 276 g/mol. The molecule has 110 valence electrons. The molecule has 0 radical (unpaired) electrons. The smallest absolute Gasteiger partial charge is 0.261 e. The number of nitrogens with one attached hydrogen (secondary N) is 2. The molecule has 0 bridgehead atoms. The highest BCUT2D eigenvalue weighted by molar-refractivity contribution is 5.81. The van der Waals surface area contributed by atoms with Gasteiger partial charge in [0.2, 0.25) is 0 Å². The molecule has 0 aromatic heterocycles. The van der Waals surface area contributed by atoms with E-state index in [2.05, 4.69) is 30.5 Å². The van der Waals surface area contributed by atoms with Gasteiger partial charge in [-0.15, -0.1) is 0 Å². The van der Waals surface area contributed by atoms with Crippen LogP contribution in [0.15, 0.2) is 24.3 Å². The van der Waals surface area contributed by atoms with E-state index in [1.54, 1.807) is 0 Å². The van der Waals surface area contributed by atoms with Crippen molar-refractivity contribution in [3.63, 3.8) is 0 Å². The molecule has 1 heterocycles. The van der Waals surface area contributed by atoms with Gasteiger partial charge in [-0.05, 0) is 50.4 Å². The molecular formula is C16H24N2O2. The monoisotopic (exact) mass is 276 g/mol. The highest BCUT2D eigenvalue weighted by Crippen LogP contribution is 2.21. The Labute approximate surface area is 120 Å². The Bertz CT molecular complexity index is 448. The number of carbonyl (C=O) groups excluding carboxylic acids is 1. The van der Waals surface area contributed by atoms with Crippen LogP contribution < -0.4 is 15.4 Å². The van der Waals surface area contributed by atoms with Crippen molar-refractivity contribution in [1.82, 2.24) is 10.6 Å². The van der Waals surface area contributed by atoms with Crippen LogP contribution in [0.3, 0.4) is 0 Å². The maximum atomic E-state index is 11.9. The molecule has 2 unspecified atom stereocenters. The summed E-state index contributed by atoms with van der Waals surface area (Å²) in [5.74, 6) is 0.780. The average Bonchev–Trinajstić information content (AvgIpc) is 2.65. The van der Waals surface area contributed by atoms with Crippen LogP contribution in [-0.4, -0.2) is 25.1 Å². The van der Waals surface area contributed by atoms with Gasteiger partial charge in [-0.3, -0.25) is 4.79 Å². The van der Waals surface area contributed by atoms with Gasteiger partial charge in [-0.2, -0.15) is 0 Å². The fraction of sp³-hybridized carbons (Fsp3) is 0.562. The normalized spacial score (nSPS) is 20.9. The highest BCUT2D eigenvalue weighted by Gasteiger charge is 2.22. The molecule has 1 fully saturated rings. The number of benzene rings is 1. The lowest BCUT2D eigenvalue weighted by Crippen LogP contribution is -2.36. The third-order valence-electron chi connectivity index (χ3n) is 3.63. The highest BCUT2D eigenvalue weighted by atomic mass is 16.5. The van der Waals surface area contributed by atoms with Gasteiger partial charge in [0, 0.05) is 12.6 Å². The van der Waals surface area contributed by atoms with E-state index in [1.807, 2.05) is 18.2 Å². The van der Waals surface area contributed by atoms with Crippen LogP contribution in [0.4, 0.5) is 0 Å². The lowest BCUT2D eigenvalue weighted by atomic mass is 10.1. The van der Waals surface area contributed by atoms with Crippen LogP contribution in [0, 0.1) is 0 Å². The predicted molar refractivity (Wildman–Crippen MR) is 79.8 cm³/mol. The van der Waals surface area contributed by atoms with Crippen LogP contribution in [-0.2, 0) is 4.79 Å². The molecule has 0 spiro atoms. The summed E-state index contributed by atoms with van der Waals surface area (Å²) in [6, 6.07) is 8.28. The first-order valence-electron chi connectivity index (χ1n) is 7.48. The van der Waals surface area contributed by atoms with Crippen LogP contribution in [0.25, 0.3) is 0 Å². The van der Waals surface area contributed by atoms with E-state index < -0.39 is 0 Å². The van der Waals surface area contributed by atoms with E-state index >= 15 is 0 Å². The molecule has 0 aliphatic carbocycles. The number of amides is 1. The van der Waals surface area contributed by atoms with Gasteiger partial charge in [0.25, 0.3) is 5.91 Å². The molecule has 1 aliphatic heterocycles. The molecule has 4 nitrogen and oxygen atoms in total. The molecule has 0 saturated carbocycles. The summed E-state index contributed by atoms with van der Waals surface area (Å²) in [5.41, 5.74) is 1.18. The van der Waals surface area contributed by atoms with Gasteiger partial charge in [0.1, 0.15) is 5.75 Å². The Kier molecular flexibility index (Phi) is 5.41. The maximum Gasteiger partial charge on any atom is 0.261 e. The van der Waals surface area contributed by atoms with E-state index in [9.17, 15) is 4.79 Å². The van der Waals surface area contributed by atoms with Gasteiger partial charge < -0.3 is 15.4 Å². The Morgan fingerprint density at radius 3 is 3.10 bits per heavy atom. The van der Waals surface area contributed by atoms with Crippen molar-refractivity contribution in [2.24, 2.45) is 0 Å². The van der Waals surface area contributed by atoms with Crippen LogP contribution >= 0.6 is 0 Å². The number of hydrogen-bond acceptors (Lipinski definition) is 3. The van der Waals surface area contributed by atoms with Crippen molar-refractivity contribution in [3.05, 3.63) is 29.8 Å². The van der Waals surface area contributed by atoms with Crippen molar-refractivity contribution in [3.8, 4) is 5.75 Å². The van der Waals surface area contributed by atoms with Crippen molar-refractivity contribution in [2.75, 3.05) is 13.1 Å². The second-order valence-corrected chi connectivity index (χ2v) is 5.25. The van der Waals surface area contributed by atoms with Gasteiger partial charge in [-0.25, -0.2) is 0 Å². The van der Waals surface area contributed by atoms with Gasteiger partial charge in [0.05, 0.1) is 0 Å². The third-order valence-corrected chi connectivity index (χ3v) is 3.63. The predicted octanol–water partition coefficient (Wildman–Crippen LogP) is 2.40. The topological polar surface area (TPSA) is 50.4 Å². The lowest BCUT2D eigenvalue weighted by Gasteiger charge is -2.18. The molecule has 2 atom stereocenters. The van der Waals surface area contributed by atoms with E-state index in [0.717, 1.165) is 38.1 Å². The third kappa shape index (κ3) is 3.97. The minimum absolute atomic E-state index is 0.00707. The summed E-state index contributed by atoms with van der Waals surface area (Å²) in [7, 11) is 0. The van der Waals surface area contributed by atoms with Crippen molar-refractivity contribution in [1.29, 1.82) is 0 Å². The molecule has 1 aromatic carbocycles. The largest absolute Gasteiger partial charge is 0.481 e. The second kappa shape index (κ2) is 7.29. The van der Waals surface area contributed by atoms with E-state index in [1.165, 1.54) is 5.56 Å². The second-order valence-electron chi connectivity index (χ2n) is 5.25. The summed E-state index contributed by atoms with van der Waals surface area (Å²) < 4.78 is 5.88. The summed E-state index contributed by atoms with van der Waals surface area (Å²) in [6.45, 7) is 5.90. The maximum absolute atomic E-state index is 11.9. The zero-order valence-electron chi connectivity index (χ0n) is 12.3. The number of rotatable bonds is 5. The molecule has 1 aromatic rings. The Morgan fingerprint density at radius 2 is 2.30 bits per heavy atom. The fourth-order valence-electron chi connectivity index (χ4n) is 2.47. The van der Waals surface area contributed by atoms with E-state index in [-0.39, 0.29) is 18.1 Å². The Hall–Kier alpha value is -1.55. The molecule has 1 amide bonds. The Morgan fingerprint density at radius 1 is 1.45 bits per heavy atom. The van der Waals surface area contributed by atoms with Gasteiger partial charge in [-0.1, -0.05) is 19.1 Å². The van der Waals surface area contributed by atoms with E-state index in [4.69, 9.17) is 4.74 Å². The quantitative estimate of drug-likeness (QED) is 0.868. The standard InChI is InChI=1S/C16H24N2O2/c1-3-17-12(2)13-7-6-8-14(11-13)20-15-9-4-5-10-18-16(15)19/h6-8,11-12,15,17H,3-5,9-10H2,1-2H3,(H,18,19). The molecule has 4 heteroatoms. The zero-order chi connectivity index (χ0) is 14.4. The van der Waals surface area contributed by atoms with Gasteiger partial charge in [0.15, 0.2) is 6.10 Å². The van der Waals surface area contributed by atoms with Crippen molar-refractivity contribution < 1.29 is 9.53 Å². The van der Waals surface area contributed by atoms with Crippen LogP contribution in [0.2, 0.25) is 0 Å². The van der Waals surface area contributed by atoms with Crippen LogP contribution in [0.1, 0.15) is 44.7 Å². The van der Waals surface area contributed by atoms with Gasteiger partial charge >= 0.3 is 0 Å². The first-order valence-corrected chi connectivity index (χ1v) is 7.48.